The van der Waals surface area contributed by atoms with Crippen LogP contribution in [0, 0.1) is 0 Å². The van der Waals surface area contributed by atoms with Gasteiger partial charge in [-0.15, -0.1) is 0 Å². The Labute approximate surface area is 123 Å². The Morgan fingerprint density at radius 2 is 1.05 bits per heavy atom. The summed E-state index contributed by atoms with van der Waals surface area (Å²) < 4.78 is 0. The van der Waals surface area contributed by atoms with Gasteiger partial charge in [-0.1, -0.05) is 0 Å². The van der Waals surface area contributed by atoms with Gasteiger partial charge in [0.15, 0.2) is 0 Å². The normalized spacial score (nSPS) is 22.9. The number of amides is 2. The minimum absolute atomic E-state index is 0.263. The smallest absolute Gasteiger partial charge is 0.320 e. The third-order valence-corrected chi connectivity index (χ3v) is 4.93. The molecule has 5 nitrogen and oxygen atoms in total. The molecule has 2 amide bonds. The van der Waals surface area contributed by atoms with Gasteiger partial charge in [-0.2, -0.15) is 0 Å². The van der Waals surface area contributed by atoms with Crippen molar-refractivity contribution in [1.82, 2.24) is 19.6 Å². The molecule has 0 aromatic rings. The lowest BCUT2D eigenvalue weighted by atomic mass is 10.0. The molecule has 0 N–H and O–H groups in total. The average Bonchev–Trinajstić information content (AvgIpc) is 2.46. The van der Waals surface area contributed by atoms with Gasteiger partial charge in [0.05, 0.1) is 0 Å². The summed E-state index contributed by atoms with van der Waals surface area (Å²) in [6, 6.07) is 1.54. The number of hydrogen-bond donors (Lipinski definition) is 0. The van der Waals surface area contributed by atoms with Gasteiger partial charge in [0.25, 0.3) is 0 Å². The molecule has 0 radical (unpaired) electrons. The van der Waals surface area contributed by atoms with Crippen molar-refractivity contribution in [3.63, 3.8) is 0 Å². The van der Waals surface area contributed by atoms with Gasteiger partial charge >= 0.3 is 6.03 Å². The van der Waals surface area contributed by atoms with Crippen LogP contribution in [0.15, 0.2) is 0 Å². The molecule has 0 bridgehead atoms. The summed E-state index contributed by atoms with van der Waals surface area (Å²) in [6.45, 7) is 3.65. The first-order valence-electron chi connectivity index (χ1n) is 7.85. The molecule has 2 heterocycles. The number of rotatable bonds is 2. The Morgan fingerprint density at radius 1 is 0.750 bits per heavy atom. The summed E-state index contributed by atoms with van der Waals surface area (Å²) in [5, 5.41) is 0. The van der Waals surface area contributed by atoms with E-state index in [1.807, 2.05) is 0 Å². The summed E-state index contributed by atoms with van der Waals surface area (Å²) in [4.78, 5) is 21.2. The van der Waals surface area contributed by atoms with E-state index in [9.17, 15) is 4.79 Å². The lowest BCUT2D eigenvalue weighted by molar-refractivity contribution is 0.100. The van der Waals surface area contributed by atoms with Gasteiger partial charge < -0.3 is 19.6 Å². The largest absolute Gasteiger partial charge is 0.325 e. The predicted octanol–water partition coefficient (Wildman–Crippen LogP) is 1.16. The van der Waals surface area contributed by atoms with Crippen LogP contribution in [-0.2, 0) is 0 Å². The average molecular weight is 282 g/mol. The molecule has 2 aliphatic heterocycles. The first kappa shape index (κ1) is 15.6. The van der Waals surface area contributed by atoms with Crippen LogP contribution in [0.5, 0.6) is 0 Å². The molecule has 20 heavy (non-hydrogen) atoms. The highest BCUT2D eigenvalue weighted by molar-refractivity contribution is 5.74. The van der Waals surface area contributed by atoms with Crippen LogP contribution in [0.4, 0.5) is 4.79 Å². The van der Waals surface area contributed by atoms with Crippen molar-refractivity contribution < 1.29 is 4.79 Å². The van der Waals surface area contributed by atoms with E-state index in [1.165, 1.54) is 0 Å². The van der Waals surface area contributed by atoms with E-state index < -0.39 is 0 Å². The van der Waals surface area contributed by atoms with Gasteiger partial charge in [-0.05, 0) is 53.9 Å². The van der Waals surface area contributed by atoms with Crippen LogP contribution in [0.3, 0.4) is 0 Å². The predicted molar refractivity (Wildman–Crippen MR) is 82.0 cm³/mol. The summed E-state index contributed by atoms with van der Waals surface area (Å²) in [5.74, 6) is 0. The first-order chi connectivity index (χ1) is 9.49. The Bertz CT molecular complexity index is 286. The quantitative estimate of drug-likeness (QED) is 0.761. The molecule has 2 rings (SSSR count). The highest BCUT2D eigenvalue weighted by Gasteiger charge is 2.29. The zero-order chi connectivity index (χ0) is 14.7. The maximum Gasteiger partial charge on any atom is 0.320 e. The van der Waals surface area contributed by atoms with Crippen LogP contribution >= 0.6 is 0 Å². The van der Waals surface area contributed by atoms with Gasteiger partial charge in [-0.25, -0.2) is 4.79 Å². The van der Waals surface area contributed by atoms with Crippen LogP contribution in [0.25, 0.3) is 0 Å². The first-order valence-corrected chi connectivity index (χ1v) is 7.85. The number of carbonyl (C=O) groups excluding carboxylic acids is 1. The molecule has 2 saturated heterocycles. The van der Waals surface area contributed by atoms with Crippen LogP contribution in [-0.4, -0.2) is 92.1 Å². The van der Waals surface area contributed by atoms with E-state index in [1.54, 1.807) is 0 Å². The molecule has 2 fully saturated rings. The van der Waals surface area contributed by atoms with Crippen molar-refractivity contribution in [1.29, 1.82) is 0 Å². The van der Waals surface area contributed by atoms with E-state index in [4.69, 9.17) is 0 Å². The van der Waals surface area contributed by atoms with Gasteiger partial charge in [0.2, 0.25) is 0 Å². The third-order valence-electron chi connectivity index (χ3n) is 4.93. The van der Waals surface area contributed by atoms with E-state index in [0.717, 1.165) is 51.9 Å². The molecule has 0 aromatic heterocycles. The molecule has 5 heteroatoms. The highest BCUT2D eigenvalue weighted by atomic mass is 16.2. The standard InChI is InChI=1S/C15H30N4O/c1-16(2)13-5-9-18(10-6-13)15(20)19-11-7-14(8-12-19)17(3)4/h13-14H,5-12H2,1-4H3. The zero-order valence-electron chi connectivity index (χ0n) is 13.5. The summed E-state index contributed by atoms with van der Waals surface area (Å²) in [7, 11) is 8.53. The van der Waals surface area contributed by atoms with E-state index in [2.05, 4.69) is 47.8 Å². The number of nitrogens with zero attached hydrogens (tertiary/aromatic N) is 4. The molecule has 0 atom stereocenters. The summed E-state index contributed by atoms with van der Waals surface area (Å²) >= 11 is 0. The topological polar surface area (TPSA) is 30.0 Å². The number of hydrogen-bond acceptors (Lipinski definition) is 3. The fourth-order valence-corrected chi connectivity index (χ4v) is 3.35. The molecule has 0 aromatic carbocycles. The molecule has 0 aliphatic carbocycles. The van der Waals surface area contributed by atoms with Gasteiger partial charge in [0.1, 0.15) is 0 Å². The summed E-state index contributed by atoms with van der Waals surface area (Å²) in [5.41, 5.74) is 0. The maximum absolute atomic E-state index is 12.5. The Hall–Kier alpha value is -0.810. The van der Waals surface area contributed by atoms with Crippen molar-refractivity contribution in [2.75, 3.05) is 54.4 Å². The minimum atomic E-state index is 0.263. The Morgan fingerprint density at radius 3 is 1.30 bits per heavy atom. The number of likely N-dealkylation sites (tertiary alicyclic amines) is 2. The maximum atomic E-state index is 12.5. The van der Waals surface area contributed by atoms with Crippen molar-refractivity contribution in [3.05, 3.63) is 0 Å². The van der Waals surface area contributed by atoms with Crippen molar-refractivity contribution >= 4 is 6.03 Å². The van der Waals surface area contributed by atoms with Crippen molar-refractivity contribution in [2.45, 2.75) is 37.8 Å². The fourth-order valence-electron chi connectivity index (χ4n) is 3.35. The molecular weight excluding hydrogens is 252 g/mol. The van der Waals surface area contributed by atoms with Crippen molar-refractivity contribution in [3.8, 4) is 0 Å². The zero-order valence-corrected chi connectivity index (χ0v) is 13.5. The molecule has 116 valence electrons. The monoisotopic (exact) mass is 282 g/mol. The second kappa shape index (κ2) is 6.76. The third kappa shape index (κ3) is 3.64. The Kier molecular flexibility index (Phi) is 5.27. The number of carbonyl (C=O) groups is 1. The summed E-state index contributed by atoms with van der Waals surface area (Å²) in [6.07, 6.45) is 4.42. The van der Waals surface area contributed by atoms with E-state index >= 15 is 0 Å². The van der Waals surface area contributed by atoms with Crippen LogP contribution < -0.4 is 0 Å². The van der Waals surface area contributed by atoms with Gasteiger partial charge in [-0.3, -0.25) is 0 Å². The Balaban J connectivity index is 1.79. The second-order valence-electron chi connectivity index (χ2n) is 6.65. The minimum Gasteiger partial charge on any atom is -0.325 e. The SMILES string of the molecule is CN(C)C1CCN(C(=O)N2CCC(N(C)C)CC2)CC1. The van der Waals surface area contributed by atoms with Crippen molar-refractivity contribution in [2.24, 2.45) is 0 Å². The molecule has 0 saturated carbocycles. The number of piperidine rings is 2. The van der Waals surface area contributed by atoms with E-state index in [0.29, 0.717) is 12.1 Å². The lowest BCUT2D eigenvalue weighted by Crippen LogP contribution is -2.52. The molecular formula is C15H30N4O. The second-order valence-corrected chi connectivity index (χ2v) is 6.65. The number of urea groups is 1. The van der Waals surface area contributed by atoms with Crippen LogP contribution in [0.2, 0.25) is 0 Å². The molecule has 2 aliphatic rings. The lowest BCUT2D eigenvalue weighted by Gasteiger charge is -2.40. The van der Waals surface area contributed by atoms with E-state index in [-0.39, 0.29) is 6.03 Å². The van der Waals surface area contributed by atoms with Crippen LogP contribution in [0.1, 0.15) is 25.7 Å². The molecule has 0 spiro atoms. The molecule has 0 unspecified atom stereocenters. The highest BCUT2D eigenvalue weighted by Crippen LogP contribution is 2.19. The fraction of sp³-hybridized carbons (Fsp3) is 0.933. The van der Waals surface area contributed by atoms with Gasteiger partial charge in [0, 0.05) is 38.3 Å².